The second-order valence-electron chi connectivity index (χ2n) is 8.68. The number of carbonyl (C=O) groups is 1. The van der Waals surface area contributed by atoms with Crippen LogP contribution in [0.3, 0.4) is 0 Å². The summed E-state index contributed by atoms with van der Waals surface area (Å²) < 4.78 is 11.6. The van der Waals surface area contributed by atoms with Crippen molar-refractivity contribution in [1.82, 2.24) is 4.90 Å². The third-order valence-corrected chi connectivity index (χ3v) is 6.12. The molecule has 0 saturated heterocycles. The summed E-state index contributed by atoms with van der Waals surface area (Å²) in [6.45, 7) is 5.32. The number of ether oxygens (including phenoxy) is 2. The Morgan fingerprint density at radius 1 is 1.00 bits per heavy atom. The van der Waals surface area contributed by atoms with E-state index in [1.165, 1.54) is 5.57 Å². The molecule has 4 rings (SSSR count). The molecule has 4 heteroatoms. The molecular formula is C31H33NO3. The summed E-state index contributed by atoms with van der Waals surface area (Å²) in [6, 6.07) is 17.6. The maximum atomic E-state index is 13.5. The molecule has 0 atom stereocenters. The van der Waals surface area contributed by atoms with Gasteiger partial charge in [0.25, 0.3) is 5.91 Å². The SMILES string of the molecule is C=CCOc1ccc(C(=O)N(CCC2=CC(OCc3ccccc3)=CCC2)C2=CC=CCC2)cc1. The van der Waals surface area contributed by atoms with Crippen LogP contribution >= 0.6 is 0 Å². The Balaban J connectivity index is 1.42. The first-order valence-corrected chi connectivity index (χ1v) is 12.3. The van der Waals surface area contributed by atoms with Crippen LogP contribution in [0.5, 0.6) is 5.75 Å². The van der Waals surface area contributed by atoms with Gasteiger partial charge in [-0.1, -0.05) is 60.7 Å². The van der Waals surface area contributed by atoms with E-state index in [9.17, 15) is 4.79 Å². The minimum atomic E-state index is 0.0225. The Bertz CT molecular complexity index is 1120. The van der Waals surface area contributed by atoms with Crippen molar-refractivity contribution >= 4 is 5.91 Å². The molecule has 2 aliphatic carbocycles. The summed E-state index contributed by atoms with van der Waals surface area (Å²) in [6.07, 6.45) is 16.8. The maximum Gasteiger partial charge on any atom is 0.258 e. The zero-order valence-electron chi connectivity index (χ0n) is 20.2. The molecule has 0 unspecified atom stereocenters. The van der Waals surface area contributed by atoms with E-state index in [4.69, 9.17) is 9.47 Å². The molecule has 0 aromatic heterocycles. The lowest BCUT2D eigenvalue weighted by atomic mass is 10.00. The Hall–Kier alpha value is -3.79. The molecule has 0 heterocycles. The molecule has 1 amide bonds. The van der Waals surface area contributed by atoms with Gasteiger partial charge in [-0.15, -0.1) is 0 Å². The molecule has 0 saturated carbocycles. The predicted molar refractivity (Wildman–Crippen MR) is 141 cm³/mol. The van der Waals surface area contributed by atoms with E-state index in [0.717, 1.165) is 54.9 Å². The van der Waals surface area contributed by atoms with Crippen molar-refractivity contribution in [3.8, 4) is 5.75 Å². The summed E-state index contributed by atoms with van der Waals surface area (Å²) in [5, 5.41) is 0. The van der Waals surface area contributed by atoms with Crippen LogP contribution in [-0.4, -0.2) is 24.0 Å². The van der Waals surface area contributed by atoms with Gasteiger partial charge in [0, 0.05) is 17.8 Å². The van der Waals surface area contributed by atoms with Gasteiger partial charge in [-0.2, -0.15) is 0 Å². The summed E-state index contributed by atoms with van der Waals surface area (Å²) in [5.41, 5.74) is 4.20. The summed E-state index contributed by atoms with van der Waals surface area (Å²) in [4.78, 5) is 15.5. The standard InChI is InChI=1S/C31H33NO3/c1-2-22-34-29-18-16-27(17-19-29)31(33)32(28-13-7-4-8-14-28)21-20-25-12-9-15-30(23-25)35-24-26-10-5-3-6-11-26/h2-7,10-11,13,15-19,23H,1,8-9,12,14,20-22,24H2. The van der Waals surface area contributed by atoms with Gasteiger partial charge < -0.3 is 14.4 Å². The number of hydrogen-bond donors (Lipinski definition) is 0. The van der Waals surface area contributed by atoms with E-state index in [1.807, 2.05) is 53.4 Å². The lowest BCUT2D eigenvalue weighted by molar-refractivity contribution is 0.0801. The van der Waals surface area contributed by atoms with Gasteiger partial charge in [0.2, 0.25) is 0 Å². The lowest BCUT2D eigenvalue weighted by Crippen LogP contribution is -2.32. The van der Waals surface area contributed by atoms with Gasteiger partial charge in [0.05, 0.1) is 0 Å². The molecule has 2 aromatic carbocycles. The zero-order valence-corrected chi connectivity index (χ0v) is 20.2. The number of benzene rings is 2. The molecule has 0 spiro atoms. The van der Waals surface area contributed by atoms with Crippen LogP contribution in [-0.2, 0) is 11.3 Å². The minimum absolute atomic E-state index is 0.0225. The highest BCUT2D eigenvalue weighted by Gasteiger charge is 2.21. The fourth-order valence-electron chi connectivity index (χ4n) is 4.22. The fraction of sp³-hybridized carbons (Fsp3) is 0.258. The van der Waals surface area contributed by atoms with Gasteiger partial charge in [0.15, 0.2) is 0 Å². The third kappa shape index (κ3) is 7.10. The van der Waals surface area contributed by atoms with Gasteiger partial charge in [-0.3, -0.25) is 4.79 Å². The summed E-state index contributed by atoms with van der Waals surface area (Å²) >= 11 is 0. The van der Waals surface area contributed by atoms with Crippen LogP contribution in [0.4, 0.5) is 0 Å². The van der Waals surface area contributed by atoms with Crippen molar-refractivity contribution in [2.75, 3.05) is 13.2 Å². The first-order chi connectivity index (χ1) is 17.2. The first kappa shape index (κ1) is 24.3. The van der Waals surface area contributed by atoms with Crippen LogP contribution in [0.15, 0.2) is 115 Å². The van der Waals surface area contributed by atoms with Gasteiger partial charge >= 0.3 is 0 Å². The van der Waals surface area contributed by atoms with E-state index in [-0.39, 0.29) is 5.91 Å². The minimum Gasteiger partial charge on any atom is -0.490 e. The monoisotopic (exact) mass is 467 g/mol. The van der Waals surface area contributed by atoms with Crippen LogP contribution in [0.2, 0.25) is 0 Å². The third-order valence-electron chi connectivity index (χ3n) is 6.12. The van der Waals surface area contributed by atoms with Crippen molar-refractivity contribution in [1.29, 1.82) is 0 Å². The smallest absolute Gasteiger partial charge is 0.258 e. The molecule has 4 nitrogen and oxygen atoms in total. The van der Waals surface area contributed by atoms with E-state index >= 15 is 0 Å². The van der Waals surface area contributed by atoms with Crippen LogP contribution in [0.1, 0.15) is 48.0 Å². The Kier molecular flexibility index (Phi) is 8.77. The van der Waals surface area contributed by atoms with Crippen molar-refractivity contribution in [3.63, 3.8) is 0 Å². The molecular weight excluding hydrogens is 434 g/mol. The topological polar surface area (TPSA) is 38.8 Å². The number of amides is 1. The van der Waals surface area contributed by atoms with Crippen LogP contribution in [0, 0.1) is 0 Å². The molecule has 0 fully saturated rings. The number of carbonyl (C=O) groups excluding carboxylic acids is 1. The van der Waals surface area contributed by atoms with Crippen molar-refractivity contribution < 1.29 is 14.3 Å². The average Bonchev–Trinajstić information content (AvgIpc) is 2.92. The Morgan fingerprint density at radius 2 is 1.83 bits per heavy atom. The lowest BCUT2D eigenvalue weighted by Gasteiger charge is -2.27. The van der Waals surface area contributed by atoms with Crippen LogP contribution < -0.4 is 4.74 Å². The second-order valence-corrected chi connectivity index (χ2v) is 8.68. The first-order valence-electron chi connectivity index (χ1n) is 12.3. The fourth-order valence-corrected chi connectivity index (χ4v) is 4.22. The van der Waals surface area contributed by atoms with Gasteiger partial charge in [0.1, 0.15) is 24.7 Å². The molecule has 180 valence electrons. The van der Waals surface area contributed by atoms with Gasteiger partial charge in [-0.05, 0) is 80.2 Å². The van der Waals surface area contributed by atoms with Crippen molar-refractivity contribution in [2.45, 2.75) is 38.7 Å². The maximum absolute atomic E-state index is 13.5. The summed E-state index contributed by atoms with van der Waals surface area (Å²) in [7, 11) is 0. The normalized spacial score (nSPS) is 14.9. The number of rotatable bonds is 11. The highest BCUT2D eigenvalue weighted by Crippen LogP contribution is 2.26. The van der Waals surface area contributed by atoms with Crippen molar-refractivity contribution in [3.05, 3.63) is 126 Å². The number of hydrogen-bond acceptors (Lipinski definition) is 3. The molecule has 35 heavy (non-hydrogen) atoms. The molecule has 0 radical (unpaired) electrons. The molecule has 2 aliphatic rings. The van der Waals surface area contributed by atoms with Crippen LogP contribution in [0.25, 0.3) is 0 Å². The molecule has 2 aromatic rings. The highest BCUT2D eigenvalue weighted by molar-refractivity contribution is 5.95. The molecule has 0 aliphatic heterocycles. The number of nitrogens with zero attached hydrogens (tertiary/aromatic N) is 1. The van der Waals surface area contributed by atoms with E-state index in [0.29, 0.717) is 25.3 Å². The largest absolute Gasteiger partial charge is 0.490 e. The Morgan fingerprint density at radius 3 is 2.57 bits per heavy atom. The average molecular weight is 468 g/mol. The predicted octanol–water partition coefficient (Wildman–Crippen LogP) is 7.14. The van der Waals surface area contributed by atoms with E-state index in [2.05, 4.69) is 43.0 Å². The molecule has 0 N–H and O–H groups in total. The van der Waals surface area contributed by atoms with E-state index in [1.54, 1.807) is 6.08 Å². The van der Waals surface area contributed by atoms with Crippen molar-refractivity contribution in [2.24, 2.45) is 0 Å². The quantitative estimate of drug-likeness (QED) is 0.330. The summed E-state index contributed by atoms with van der Waals surface area (Å²) in [5.74, 6) is 1.67. The molecule has 0 bridgehead atoms. The van der Waals surface area contributed by atoms with Gasteiger partial charge in [-0.25, -0.2) is 0 Å². The second kappa shape index (κ2) is 12.6. The highest BCUT2D eigenvalue weighted by atomic mass is 16.5. The van der Waals surface area contributed by atoms with E-state index < -0.39 is 0 Å². The Labute approximate surface area is 208 Å². The number of allylic oxidation sites excluding steroid dienone is 6. The zero-order chi connectivity index (χ0) is 24.3.